The van der Waals surface area contributed by atoms with Crippen LogP contribution in [0.15, 0.2) is 60.8 Å². The number of hydrogen-bond acceptors (Lipinski definition) is 5. The Morgan fingerprint density at radius 1 is 1.00 bits per heavy atom. The van der Waals surface area contributed by atoms with Gasteiger partial charge in [0.1, 0.15) is 6.61 Å². The Bertz CT molecular complexity index is 879. The topological polar surface area (TPSA) is 50.3 Å². The van der Waals surface area contributed by atoms with Crippen molar-refractivity contribution in [1.29, 1.82) is 0 Å². The van der Waals surface area contributed by atoms with Gasteiger partial charge in [0.2, 0.25) is 5.28 Å². The van der Waals surface area contributed by atoms with Gasteiger partial charge in [-0.1, -0.05) is 54.6 Å². The van der Waals surface area contributed by atoms with E-state index in [1.165, 1.54) is 11.1 Å². The van der Waals surface area contributed by atoms with Crippen molar-refractivity contribution in [2.45, 2.75) is 19.6 Å². The quantitative estimate of drug-likeness (QED) is 0.624. The van der Waals surface area contributed by atoms with Gasteiger partial charge in [-0.15, -0.1) is 0 Å². The van der Waals surface area contributed by atoms with E-state index < -0.39 is 0 Å². The van der Waals surface area contributed by atoms with Crippen molar-refractivity contribution < 1.29 is 4.74 Å². The van der Waals surface area contributed by atoms with E-state index in [-0.39, 0.29) is 5.28 Å². The van der Waals surface area contributed by atoms with Crippen molar-refractivity contribution in [2.24, 2.45) is 0 Å². The Morgan fingerprint density at radius 2 is 1.70 bits per heavy atom. The van der Waals surface area contributed by atoms with Gasteiger partial charge in [0.15, 0.2) is 11.6 Å². The highest BCUT2D eigenvalue weighted by molar-refractivity contribution is 6.28. The average Bonchev–Trinajstić information content (AvgIpc) is 3.11. The van der Waals surface area contributed by atoms with E-state index >= 15 is 0 Å². The van der Waals surface area contributed by atoms with E-state index in [1.807, 2.05) is 18.2 Å². The summed E-state index contributed by atoms with van der Waals surface area (Å²) < 4.78 is 5.95. The van der Waals surface area contributed by atoms with Crippen molar-refractivity contribution in [3.63, 3.8) is 0 Å². The van der Waals surface area contributed by atoms with Gasteiger partial charge in [-0.3, -0.25) is 4.90 Å². The lowest BCUT2D eigenvalue weighted by atomic mass is 10.1. The van der Waals surface area contributed by atoms with Crippen LogP contribution in [0.2, 0.25) is 5.28 Å². The molecule has 0 saturated carbocycles. The number of halogens is 1. The minimum atomic E-state index is 0.202. The van der Waals surface area contributed by atoms with Gasteiger partial charge in [-0.05, 0) is 28.3 Å². The van der Waals surface area contributed by atoms with Gasteiger partial charge >= 0.3 is 0 Å². The van der Waals surface area contributed by atoms with Crippen LogP contribution >= 0.6 is 11.6 Å². The molecule has 27 heavy (non-hydrogen) atoms. The number of anilines is 1. The standard InChI is InChI=1S/C21H21ClN4O/c22-21-24-13-19(20(25-21)23-12-16-6-2-1-3-7-16)27-11-10-26-14-17-8-4-5-9-18(17)15-26/h1-9,13H,10-12,14-15H2,(H,23,24,25). The Morgan fingerprint density at radius 3 is 2.44 bits per heavy atom. The summed E-state index contributed by atoms with van der Waals surface area (Å²) in [6.45, 7) is 3.99. The zero-order valence-electron chi connectivity index (χ0n) is 14.9. The number of ether oxygens (including phenoxy) is 1. The third kappa shape index (κ3) is 4.56. The third-order valence-electron chi connectivity index (χ3n) is 4.60. The molecule has 0 unspecified atom stereocenters. The number of fused-ring (bicyclic) bond motifs is 1. The molecule has 0 amide bonds. The van der Waals surface area contributed by atoms with Gasteiger partial charge < -0.3 is 10.1 Å². The van der Waals surface area contributed by atoms with E-state index in [9.17, 15) is 0 Å². The Hall–Kier alpha value is -2.63. The first-order valence-corrected chi connectivity index (χ1v) is 9.38. The summed E-state index contributed by atoms with van der Waals surface area (Å²) in [5.41, 5.74) is 3.96. The SMILES string of the molecule is Clc1ncc(OCCN2Cc3ccccc3C2)c(NCc2ccccc2)n1. The fourth-order valence-electron chi connectivity index (χ4n) is 3.21. The Labute approximate surface area is 164 Å². The first-order valence-electron chi connectivity index (χ1n) is 9.00. The molecule has 0 atom stereocenters. The van der Waals surface area contributed by atoms with Crippen LogP contribution in [0.25, 0.3) is 0 Å². The minimum Gasteiger partial charge on any atom is -0.487 e. The smallest absolute Gasteiger partial charge is 0.224 e. The van der Waals surface area contributed by atoms with Gasteiger partial charge in [0.25, 0.3) is 0 Å². The first kappa shape index (κ1) is 17.8. The lowest BCUT2D eigenvalue weighted by molar-refractivity contribution is 0.211. The van der Waals surface area contributed by atoms with Gasteiger partial charge in [-0.25, -0.2) is 4.98 Å². The molecule has 138 valence electrons. The molecule has 6 heteroatoms. The molecule has 5 nitrogen and oxygen atoms in total. The molecule has 1 N–H and O–H groups in total. The van der Waals surface area contributed by atoms with Gasteiger partial charge in [0.05, 0.1) is 6.20 Å². The molecule has 2 heterocycles. The van der Waals surface area contributed by atoms with Crippen LogP contribution in [0.3, 0.4) is 0 Å². The second-order valence-electron chi connectivity index (χ2n) is 6.52. The average molecular weight is 381 g/mol. The highest BCUT2D eigenvalue weighted by Crippen LogP contribution is 2.24. The molecule has 0 saturated heterocycles. The summed E-state index contributed by atoms with van der Waals surface area (Å²) in [5.74, 6) is 1.23. The number of benzene rings is 2. The highest BCUT2D eigenvalue weighted by Gasteiger charge is 2.18. The van der Waals surface area contributed by atoms with Crippen molar-refractivity contribution in [2.75, 3.05) is 18.5 Å². The maximum atomic E-state index is 5.96. The zero-order valence-corrected chi connectivity index (χ0v) is 15.7. The predicted octanol–water partition coefficient (Wildman–Crippen LogP) is 4.14. The molecule has 4 rings (SSSR count). The van der Waals surface area contributed by atoms with E-state index in [4.69, 9.17) is 16.3 Å². The van der Waals surface area contributed by atoms with Gasteiger partial charge in [0, 0.05) is 26.2 Å². The Balaban J connectivity index is 1.33. The summed E-state index contributed by atoms with van der Waals surface area (Å²) in [7, 11) is 0. The van der Waals surface area contributed by atoms with Crippen molar-refractivity contribution >= 4 is 17.4 Å². The summed E-state index contributed by atoms with van der Waals surface area (Å²) in [5, 5.41) is 3.49. The lowest BCUT2D eigenvalue weighted by Crippen LogP contribution is -2.23. The lowest BCUT2D eigenvalue weighted by Gasteiger charge is -2.16. The normalized spacial score (nSPS) is 13.4. The molecule has 0 spiro atoms. The molecule has 2 aromatic carbocycles. The summed E-state index contributed by atoms with van der Waals surface area (Å²) >= 11 is 5.96. The molecule has 1 aromatic heterocycles. The first-order chi connectivity index (χ1) is 13.3. The predicted molar refractivity (Wildman–Crippen MR) is 107 cm³/mol. The van der Waals surface area contributed by atoms with E-state index in [1.54, 1.807) is 6.20 Å². The number of nitrogens with one attached hydrogen (secondary N) is 1. The summed E-state index contributed by atoms with van der Waals surface area (Å²) in [4.78, 5) is 10.7. The van der Waals surface area contributed by atoms with Crippen LogP contribution in [0.1, 0.15) is 16.7 Å². The maximum absolute atomic E-state index is 5.96. The summed E-state index contributed by atoms with van der Waals surface area (Å²) in [6.07, 6.45) is 1.63. The number of hydrogen-bond donors (Lipinski definition) is 1. The van der Waals surface area contributed by atoms with E-state index in [2.05, 4.69) is 56.6 Å². The minimum absolute atomic E-state index is 0.202. The summed E-state index contributed by atoms with van der Waals surface area (Å²) in [6, 6.07) is 18.7. The van der Waals surface area contributed by atoms with Gasteiger partial charge in [-0.2, -0.15) is 4.98 Å². The molecule has 3 aromatic rings. The van der Waals surface area contributed by atoms with Crippen molar-refractivity contribution in [3.8, 4) is 5.75 Å². The molecule has 0 radical (unpaired) electrons. The zero-order chi connectivity index (χ0) is 18.5. The Kier molecular flexibility index (Phi) is 5.51. The molecule has 1 aliphatic rings. The van der Waals surface area contributed by atoms with E-state index in [0.29, 0.717) is 24.7 Å². The van der Waals surface area contributed by atoms with E-state index in [0.717, 1.165) is 25.2 Å². The second kappa shape index (κ2) is 8.37. The second-order valence-corrected chi connectivity index (χ2v) is 6.86. The molecule has 0 bridgehead atoms. The highest BCUT2D eigenvalue weighted by atomic mass is 35.5. The fraction of sp³-hybridized carbons (Fsp3) is 0.238. The monoisotopic (exact) mass is 380 g/mol. The van der Waals surface area contributed by atoms with Crippen LogP contribution < -0.4 is 10.1 Å². The largest absolute Gasteiger partial charge is 0.487 e. The van der Waals surface area contributed by atoms with Crippen LogP contribution in [-0.4, -0.2) is 28.0 Å². The fourth-order valence-corrected chi connectivity index (χ4v) is 3.34. The van der Waals surface area contributed by atoms with Crippen molar-refractivity contribution in [1.82, 2.24) is 14.9 Å². The third-order valence-corrected chi connectivity index (χ3v) is 4.78. The number of aromatic nitrogens is 2. The number of nitrogens with zero attached hydrogens (tertiary/aromatic N) is 3. The molecule has 0 fully saturated rings. The van der Waals surface area contributed by atoms with Crippen LogP contribution in [0.5, 0.6) is 5.75 Å². The molecule has 0 aliphatic carbocycles. The maximum Gasteiger partial charge on any atom is 0.224 e. The van der Waals surface area contributed by atoms with Crippen LogP contribution in [0, 0.1) is 0 Å². The van der Waals surface area contributed by atoms with Crippen molar-refractivity contribution in [3.05, 3.63) is 82.8 Å². The molecular formula is C21H21ClN4O. The molecular weight excluding hydrogens is 360 g/mol. The van der Waals surface area contributed by atoms with Crippen LogP contribution in [0.4, 0.5) is 5.82 Å². The number of rotatable bonds is 7. The van der Waals surface area contributed by atoms with Crippen LogP contribution in [-0.2, 0) is 19.6 Å². The molecule has 1 aliphatic heterocycles.